The van der Waals surface area contributed by atoms with Crippen LogP contribution in [0.4, 0.5) is 17.2 Å². The van der Waals surface area contributed by atoms with Gasteiger partial charge < -0.3 is 31.3 Å². The lowest BCUT2D eigenvalue weighted by Gasteiger charge is -2.32. The van der Waals surface area contributed by atoms with Crippen molar-refractivity contribution in [3.8, 4) is 0 Å². The smallest absolute Gasteiger partial charge is 0.254 e. The number of carbonyl (C=O) groups excluding carboxylic acids is 2. The lowest BCUT2D eigenvalue weighted by Crippen LogP contribution is -2.43. The average molecular weight is 425 g/mol. The van der Waals surface area contributed by atoms with Crippen LogP contribution in [0.3, 0.4) is 0 Å². The third-order valence-electron chi connectivity index (χ3n) is 5.65. The van der Waals surface area contributed by atoms with Crippen molar-refractivity contribution < 1.29 is 14.3 Å². The van der Waals surface area contributed by atoms with E-state index >= 15 is 0 Å². The molecule has 1 atom stereocenters. The molecule has 1 aromatic heterocycles. The van der Waals surface area contributed by atoms with Crippen LogP contribution in [0.1, 0.15) is 33.6 Å². The van der Waals surface area contributed by atoms with Gasteiger partial charge in [0.05, 0.1) is 24.5 Å². The maximum atomic E-state index is 12.6. The second-order valence-corrected chi connectivity index (χ2v) is 7.91. The first-order valence-corrected chi connectivity index (χ1v) is 10.6. The summed E-state index contributed by atoms with van der Waals surface area (Å²) in [5.41, 5.74) is 13.9. The number of benzene rings is 1. The molecule has 2 aromatic rings. The first-order chi connectivity index (χ1) is 15.0. The fourth-order valence-corrected chi connectivity index (χ4v) is 3.94. The van der Waals surface area contributed by atoms with Crippen LogP contribution in [0.15, 0.2) is 36.5 Å². The molecule has 2 aliphatic rings. The third kappa shape index (κ3) is 4.95. The number of carbonyl (C=O) groups is 2. The van der Waals surface area contributed by atoms with Gasteiger partial charge >= 0.3 is 0 Å². The zero-order valence-electron chi connectivity index (χ0n) is 17.4. The molecule has 5 N–H and O–H groups in total. The van der Waals surface area contributed by atoms with E-state index in [9.17, 15) is 9.59 Å². The Morgan fingerprint density at radius 2 is 1.87 bits per heavy atom. The summed E-state index contributed by atoms with van der Waals surface area (Å²) in [7, 11) is 0. The van der Waals surface area contributed by atoms with Crippen LogP contribution in [0, 0.1) is 0 Å². The maximum Gasteiger partial charge on any atom is 0.254 e. The largest absolute Gasteiger partial charge is 0.378 e. The highest BCUT2D eigenvalue weighted by atomic mass is 16.5. The van der Waals surface area contributed by atoms with Crippen LogP contribution in [-0.2, 0) is 4.74 Å². The van der Waals surface area contributed by atoms with Gasteiger partial charge in [0.2, 0.25) is 0 Å². The van der Waals surface area contributed by atoms with E-state index in [-0.39, 0.29) is 11.9 Å². The van der Waals surface area contributed by atoms with Gasteiger partial charge in [0.15, 0.2) is 0 Å². The molecule has 0 bridgehead atoms. The van der Waals surface area contributed by atoms with Crippen LogP contribution in [0.2, 0.25) is 0 Å². The summed E-state index contributed by atoms with van der Waals surface area (Å²) >= 11 is 0. The van der Waals surface area contributed by atoms with Crippen molar-refractivity contribution >= 4 is 29.0 Å². The monoisotopic (exact) mass is 424 g/mol. The van der Waals surface area contributed by atoms with E-state index in [2.05, 4.69) is 15.2 Å². The maximum absolute atomic E-state index is 12.6. The molecule has 0 spiro atoms. The van der Waals surface area contributed by atoms with Crippen molar-refractivity contribution in [2.75, 3.05) is 49.6 Å². The molecular formula is C22H28N6O3. The van der Waals surface area contributed by atoms with Gasteiger partial charge in [-0.3, -0.25) is 9.59 Å². The molecule has 2 aliphatic heterocycles. The number of primary amides is 1. The number of nitrogens with two attached hydrogens (primary N) is 2. The summed E-state index contributed by atoms with van der Waals surface area (Å²) in [5.74, 6) is 0.179. The Morgan fingerprint density at radius 1 is 1.13 bits per heavy atom. The Morgan fingerprint density at radius 3 is 2.55 bits per heavy atom. The highest BCUT2D eigenvalue weighted by molar-refractivity contribution is 5.99. The lowest BCUT2D eigenvalue weighted by molar-refractivity contribution is 0.0303. The molecule has 0 saturated carbocycles. The predicted octanol–water partition coefficient (Wildman–Crippen LogP) is 1.32. The second kappa shape index (κ2) is 9.32. The second-order valence-electron chi connectivity index (χ2n) is 7.91. The van der Waals surface area contributed by atoms with Crippen LogP contribution in [0.25, 0.3) is 0 Å². The molecule has 164 valence electrons. The first kappa shape index (κ1) is 21.1. The van der Waals surface area contributed by atoms with E-state index in [1.165, 1.54) is 6.20 Å². The normalized spacial score (nSPS) is 19.2. The minimum atomic E-state index is -0.559. The van der Waals surface area contributed by atoms with Crippen molar-refractivity contribution in [1.82, 2.24) is 9.88 Å². The van der Waals surface area contributed by atoms with Gasteiger partial charge in [0.1, 0.15) is 5.82 Å². The van der Waals surface area contributed by atoms with Crippen LogP contribution < -0.4 is 21.7 Å². The third-order valence-corrected chi connectivity index (χ3v) is 5.65. The van der Waals surface area contributed by atoms with E-state index in [4.69, 9.17) is 16.2 Å². The number of nitrogens with one attached hydrogen (secondary N) is 1. The van der Waals surface area contributed by atoms with Gasteiger partial charge in [-0.15, -0.1) is 0 Å². The van der Waals surface area contributed by atoms with E-state index < -0.39 is 5.91 Å². The first-order valence-electron chi connectivity index (χ1n) is 10.6. The summed E-state index contributed by atoms with van der Waals surface area (Å²) in [4.78, 5) is 32.9. The number of hydrogen-bond donors (Lipinski definition) is 3. The van der Waals surface area contributed by atoms with Crippen molar-refractivity contribution in [2.45, 2.75) is 18.9 Å². The quantitative estimate of drug-likeness (QED) is 0.661. The molecule has 1 aromatic carbocycles. The standard InChI is InChI=1S/C22H28N6O3/c23-16-2-1-7-28(14-16)20-12-19(18(13-25-20)21(24)29)26-17-5-3-15(4-6-17)22(30)27-8-10-31-11-9-27/h3-6,12-13,16H,1-2,7-11,14,23H2,(H2,24,29)(H,25,26)/t16-/m1/s1. The molecule has 0 unspecified atom stereocenters. The minimum Gasteiger partial charge on any atom is -0.378 e. The minimum absolute atomic E-state index is 0.0136. The fraction of sp³-hybridized carbons (Fsp3) is 0.409. The van der Waals surface area contributed by atoms with Gasteiger partial charge in [0.25, 0.3) is 11.8 Å². The fourth-order valence-electron chi connectivity index (χ4n) is 3.94. The lowest BCUT2D eigenvalue weighted by atomic mass is 10.1. The summed E-state index contributed by atoms with van der Waals surface area (Å²) in [6, 6.07) is 9.11. The number of ether oxygens (including phenoxy) is 1. The van der Waals surface area contributed by atoms with Crippen molar-refractivity contribution in [1.29, 1.82) is 0 Å². The zero-order chi connectivity index (χ0) is 21.8. The van der Waals surface area contributed by atoms with Gasteiger partial charge in [-0.05, 0) is 37.1 Å². The molecule has 31 heavy (non-hydrogen) atoms. The van der Waals surface area contributed by atoms with Gasteiger partial charge in [0, 0.05) is 55.7 Å². The number of piperidine rings is 1. The number of nitrogens with zero attached hydrogens (tertiary/aromatic N) is 3. The molecule has 2 fully saturated rings. The van der Waals surface area contributed by atoms with E-state index in [1.807, 2.05) is 18.2 Å². The molecule has 0 aliphatic carbocycles. The molecular weight excluding hydrogens is 396 g/mol. The Hall–Kier alpha value is -3.17. The molecule has 9 heteroatoms. The number of pyridine rings is 1. The Kier molecular flexibility index (Phi) is 6.34. The van der Waals surface area contributed by atoms with E-state index in [0.29, 0.717) is 43.1 Å². The van der Waals surface area contributed by atoms with Crippen molar-refractivity contribution in [3.05, 3.63) is 47.7 Å². The molecule has 0 radical (unpaired) electrons. The van der Waals surface area contributed by atoms with Gasteiger partial charge in [-0.1, -0.05) is 0 Å². The number of hydrogen-bond acceptors (Lipinski definition) is 7. The number of morpholine rings is 1. The van der Waals surface area contributed by atoms with Crippen LogP contribution in [-0.4, -0.2) is 67.1 Å². The molecule has 2 saturated heterocycles. The molecule has 4 rings (SSSR count). The predicted molar refractivity (Wildman–Crippen MR) is 119 cm³/mol. The summed E-state index contributed by atoms with van der Waals surface area (Å²) in [5, 5.41) is 3.25. The van der Waals surface area contributed by atoms with Gasteiger partial charge in [-0.25, -0.2) is 4.98 Å². The number of rotatable bonds is 5. The number of anilines is 3. The van der Waals surface area contributed by atoms with Crippen molar-refractivity contribution in [3.63, 3.8) is 0 Å². The number of amides is 2. The average Bonchev–Trinajstić information content (AvgIpc) is 2.79. The summed E-state index contributed by atoms with van der Waals surface area (Å²) in [6.07, 6.45) is 3.49. The summed E-state index contributed by atoms with van der Waals surface area (Å²) in [6.45, 7) is 3.91. The Balaban J connectivity index is 1.52. The zero-order valence-corrected chi connectivity index (χ0v) is 17.4. The topological polar surface area (TPSA) is 127 Å². The highest BCUT2D eigenvalue weighted by Crippen LogP contribution is 2.26. The molecule has 3 heterocycles. The van der Waals surface area contributed by atoms with E-state index in [0.717, 1.165) is 37.4 Å². The molecule has 9 nitrogen and oxygen atoms in total. The van der Waals surface area contributed by atoms with Crippen LogP contribution >= 0.6 is 0 Å². The van der Waals surface area contributed by atoms with Crippen LogP contribution in [0.5, 0.6) is 0 Å². The Labute approximate surface area is 181 Å². The number of aromatic nitrogens is 1. The Bertz CT molecular complexity index is 943. The highest BCUT2D eigenvalue weighted by Gasteiger charge is 2.21. The SMILES string of the molecule is NC(=O)c1cnc(N2CCC[C@@H](N)C2)cc1Nc1ccc(C(=O)N2CCOCC2)cc1. The molecule has 2 amide bonds. The van der Waals surface area contributed by atoms with E-state index in [1.54, 1.807) is 17.0 Å². The van der Waals surface area contributed by atoms with Crippen molar-refractivity contribution in [2.24, 2.45) is 11.5 Å². The summed E-state index contributed by atoms with van der Waals surface area (Å²) < 4.78 is 5.30. The van der Waals surface area contributed by atoms with Gasteiger partial charge in [-0.2, -0.15) is 0 Å².